The predicted molar refractivity (Wildman–Crippen MR) is 227 cm³/mol. The summed E-state index contributed by atoms with van der Waals surface area (Å²) in [6.07, 6.45) is 7.93. The number of ether oxygens (including phenoxy) is 2. The number of aryl methyl sites for hydroxylation is 1. The second-order valence-electron chi connectivity index (χ2n) is 16.6. The van der Waals surface area contributed by atoms with Crippen molar-refractivity contribution in [2.45, 2.75) is 82.5 Å². The molecule has 6 aromatic rings. The molecule has 0 bridgehead atoms. The van der Waals surface area contributed by atoms with Crippen molar-refractivity contribution in [1.82, 2.24) is 45.0 Å². The van der Waals surface area contributed by atoms with Crippen LogP contribution in [-0.4, -0.2) is 91.1 Å². The van der Waals surface area contributed by atoms with E-state index in [1.54, 1.807) is 6.20 Å². The first-order chi connectivity index (χ1) is 29.6. The van der Waals surface area contributed by atoms with E-state index in [1.165, 1.54) is 14.2 Å². The molecule has 15 heteroatoms. The van der Waals surface area contributed by atoms with Gasteiger partial charge in [0.2, 0.25) is 5.91 Å². The average molecular weight is 824 g/mol. The fourth-order valence-electron chi connectivity index (χ4n) is 9.36. The summed E-state index contributed by atoms with van der Waals surface area (Å²) in [5, 5.41) is 6.59. The van der Waals surface area contributed by atoms with Crippen LogP contribution in [0.4, 0.5) is 9.59 Å². The van der Waals surface area contributed by atoms with E-state index in [-0.39, 0.29) is 35.6 Å². The molecule has 2 aromatic carbocycles. The third kappa shape index (κ3) is 7.64. The van der Waals surface area contributed by atoms with Crippen LogP contribution in [-0.2, 0) is 32.0 Å². The number of H-pyrrole nitrogens is 2. The number of Topliss-reactive ketones (excluding diaryl/α,β-unsaturated/α-hetero) is 1. The monoisotopic (exact) mass is 823 g/mol. The lowest BCUT2D eigenvalue weighted by atomic mass is 9.79. The summed E-state index contributed by atoms with van der Waals surface area (Å²) in [5.74, 6) is 0.744. The smallest absolute Gasteiger partial charge is 0.407 e. The molecule has 1 aliphatic carbocycles. The minimum atomic E-state index is -0.695. The first kappa shape index (κ1) is 39.7. The maximum Gasteiger partial charge on any atom is 0.407 e. The summed E-state index contributed by atoms with van der Waals surface area (Å²) < 4.78 is 11.8. The zero-order valence-corrected chi connectivity index (χ0v) is 34.6. The van der Waals surface area contributed by atoms with Crippen molar-refractivity contribution in [3.8, 4) is 33.8 Å². The highest BCUT2D eigenvalue weighted by Gasteiger charge is 2.42. The number of likely N-dealkylation sites (tertiary alicyclic amines) is 1. The van der Waals surface area contributed by atoms with Crippen LogP contribution in [0.5, 0.6) is 0 Å². The van der Waals surface area contributed by atoms with Gasteiger partial charge in [-0.1, -0.05) is 50.2 Å². The van der Waals surface area contributed by atoms with Crippen molar-refractivity contribution in [2.24, 2.45) is 5.92 Å². The number of carbonyl (C=O) groups is 4. The molecule has 4 N–H and O–H groups in total. The van der Waals surface area contributed by atoms with E-state index < -0.39 is 24.1 Å². The van der Waals surface area contributed by atoms with E-state index in [4.69, 9.17) is 24.4 Å². The number of methoxy groups -OCH3 is 2. The van der Waals surface area contributed by atoms with Gasteiger partial charge >= 0.3 is 12.2 Å². The number of imidazole rings is 2. The first-order valence-electron chi connectivity index (χ1n) is 20.9. The Kier molecular flexibility index (Phi) is 10.6. The Morgan fingerprint density at radius 1 is 0.852 bits per heavy atom. The van der Waals surface area contributed by atoms with E-state index in [0.29, 0.717) is 31.8 Å². The number of amides is 3. The number of fused-ring (bicyclic) bond motifs is 1. The number of aromatic amines is 2. The van der Waals surface area contributed by atoms with E-state index in [2.05, 4.69) is 49.6 Å². The van der Waals surface area contributed by atoms with Gasteiger partial charge in [-0.3, -0.25) is 9.59 Å². The van der Waals surface area contributed by atoms with Crippen LogP contribution in [0.1, 0.15) is 80.3 Å². The van der Waals surface area contributed by atoms with Gasteiger partial charge in [0, 0.05) is 59.9 Å². The Hall–Kier alpha value is -6.77. The van der Waals surface area contributed by atoms with Gasteiger partial charge in [-0.25, -0.2) is 24.5 Å². The molecule has 4 aromatic heterocycles. The molecule has 61 heavy (non-hydrogen) atoms. The number of pyridine rings is 1. The van der Waals surface area contributed by atoms with Crippen LogP contribution in [0.15, 0.2) is 79.3 Å². The third-order valence-corrected chi connectivity index (χ3v) is 12.5. The van der Waals surface area contributed by atoms with E-state index >= 15 is 0 Å². The second kappa shape index (κ2) is 16.4. The fourth-order valence-corrected chi connectivity index (χ4v) is 9.36. The third-order valence-electron chi connectivity index (χ3n) is 12.5. The number of alkyl carbamates (subject to hydrolysis) is 2. The van der Waals surface area contributed by atoms with Gasteiger partial charge in [0.05, 0.1) is 61.2 Å². The molecule has 9 rings (SSSR count). The number of rotatable bonds is 9. The molecule has 1 unspecified atom stereocenters. The minimum absolute atomic E-state index is 0.0931. The number of carbonyl (C=O) groups excluding carboxylic acids is 4. The van der Waals surface area contributed by atoms with Gasteiger partial charge in [0.1, 0.15) is 23.5 Å². The van der Waals surface area contributed by atoms with Crippen molar-refractivity contribution in [3.63, 3.8) is 0 Å². The molecule has 0 spiro atoms. The Morgan fingerprint density at radius 2 is 1.57 bits per heavy atom. The summed E-state index contributed by atoms with van der Waals surface area (Å²) in [5.41, 5.74) is 8.46. The van der Waals surface area contributed by atoms with Crippen molar-refractivity contribution in [3.05, 3.63) is 102 Å². The Bertz CT molecular complexity index is 2630. The topological polar surface area (TPSA) is 189 Å². The Balaban J connectivity index is 0.877. The van der Waals surface area contributed by atoms with Crippen LogP contribution in [0.25, 0.3) is 44.7 Å². The number of nitrogens with zero attached hydrogens (tertiary/aromatic N) is 5. The van der Waals surface area contributed by atoms with E-state index in [0.717, 1.165) is 81.0 Å². The number of ketones is 1. The number of benzene rings is 2. The van der Waals surface area contributed by atoms with Gasteiger partial charge in [-0.15, -0.1) is 0 Å². The highest BCUT2D eigenvalue weighted by Crippen LogP contribution is 2.40. The molecule has 0 radical (unpaired) electrons. The lowest BCUT2D eigenvalue weighted by Crippen LogP contribution is -2.51. The van der Waals surface area contributed by atoms with E-state index in [9.17, 15) is 19.2 Å². The summed E-state index contributed by atoms with van der Waals surface area (Å²) in [6.45, 7) is 5.01. The lowest BCUT2D eigenvalue weighted by molar-refractivity contribution is -0.135. The molecule has 0 saturated carbocycles. The maximum absolute atomic E-state index is 13.8. The molecule has 6 heterocycles. The van der Waals surface area contributed by atoms with Crippen LogP contribution < -0.4 is 10.6 Å². The Morgan fingerprint density at radius 3 is 2.34 bits per heavy atom. The summed E-state index contributed by atoms with van der Waals surface area (Å²) in [4.78, 5) is 74.8. The van der Waals surface area contributed by atoms with Crippen LogP contribution in [0.3, 0.4) is 0 Å². The molecule has 3 amide bonds. The largest absolute Gasteiger partial charge is 0.453 e. The van der Waals surface area contributed by atoms with Crippen LogP contribution in [0.2, 0.25) is 0 Å². The maximum atomic E-state index is 13.8. The number of hydrogen-bond donors (Lipinski definition) is 4. The van der Waals surface area contributed by atoms with Gasteiger partial charge in [0.25, 0.3) is 0 Å². The molecule has 2 aliphatic heterocycles. The van der Waals surface area contributed by atoms with Crippen LogP contribution >= 0.6 is 0 Å². The molecular formula is C46H49N9O6. The zero-order valence-electron chi connectivity index (χ0n) is 34.6. The highest BCUT2D eigenvalue weighted by atomic mass is 16.5. The standard InChI is InChI=1S/C46H49N9O6/c1-25(2)40(53-46(59)61-4)44(57)55-18-5-6-37(55)43-48-23-36(51-43)30-13-15-33-29(20-30)12-14-32(49-33)26-7-9-27(10-8-26)35-22-47-42(50-35)31-21-38(56)39-34(52-45(58)60-3)16-11-28-17-19-54(24-31)41(28)39/h7-10,12-15,17,19-20,22-23,25,31,34,37,39-40H,5-6,11,16,18,21,24H2,1-4H3,(H,47,50)(H,48,51)(H,52,58)(H,53,59)/t31-,34-,37-,39?,40-/m0/s1. The molecule has 5 atom stereocenters. The molecule has 1 saturated heterocycles. The van der Waals surface area contributed by atoms with Gasteiger partial charge < -0.3 is 39.5 Å². The van der Waals surface area contributed by atoms with E-state index in [1.807, 2.05) is 67.4 Å². The van der Waals surface area contributed by atoms with Crippen molar-refractivity contribution in [2.75, 3.05) is 20.8 Å². The summed E-state index contributed by atoms with van der Waals surface area (Å²) in [6, 6.07) is 19.2. The van der Waals surface area contributed by atoms with Crippen molar-refractivity contribution in [1.29, 1.82) is 0 Å². The molecular weight excluding hydrogens is 775 g/mol. The summed E-state index contributed by atoms with van der Waals surface area (Å²) >= 11 is 0. The second-order valence-corrected chi connectivity index (χ2v) is 16.6. The molecule has 3 aliphatic rings. The molecule has 1 fully saturated rings. The average Bonchev–Trinajstić information content (AvgIpc) is 4.11. The molecule has 15 nitrogen and oxygen atoms in total. The van der Waals surface area contributed by atoms with Gasteiger partial charge in [-0.05, 0) is 67.0 Å². The number of nitrogens with one attached hydrogen (secondary N) is 4. The summed E-state index contributed by atoms with van der Waals surface area (Å²) in [7, 11) is 2.63. The zero-order chi connectivity index (χ0) is 42.4. The molecule has 314 valence electrons. The number of aromatic nitrogens is 6. The quantitative estimate of drug-likeness (QED) is 0.119. The highest BCUT2D eigenvalue weighted by molar-refractivity contribution is 5.89. The first-order valence-corrected chi connectivity index (χ1v) is 20.9. The number of hydrogen-bond acceptors (Lipinski definition) is 9. The van der Waals surface area contributed by atoms with Crippen LogP contribution in [0, 0.1) is 5.92 Å². The lowest BCUT2D eigenvalue weighted by Gasteiger charge is -2.31. The SMILES string of the molecule is COC(=O)N[C@H]1CCc2ccn3c2C1C(=O)C[C@H](c1ncc(-c2ccc(-c4ccc5cc(-c6cnc([C@@H]7CCCN7C(=O)[C@@H](NC(=O)OC)C(C)C)[nH]6)ccc5n4)cc2)[nH]1)C3. The van der Waals surface area contributed by atoms with Crippen molar-refractivity contribution < 1.29 is 28.7 Å². The minimum Gasteiger partial charge on any atom is -0.453 e. The predicted octanol–water partition coefficient (Wildman–Crippen LogP) is 7.04. The van der Waals surface area contributed by atoms with Gasteiger partial charge in [-0.2, -0.15) is 0 Å². The van der Waals surface area contributed by atoms with Crippen molar-refractivity contribution >= 4 is 34.8 Å². The normalized spacial score (nSPS) is 20.3. The Labute approximate surface area is 352 Å². The fraction of sp³-hybridized carbons (Fsp3) is 0.370. The van der Waals surface area contributed by atoms with Gasteiger partial charge in [0.15, 0.2) is 0 Å².